The Labute approximate surface area is 124 Å². The number of rotatable bonds is 3. The quantitative estimate of drug-likeness (QED) is 0.649. The minimum absolute atomic E-state index is 0.00927. The summed E-state index contributed by atoms with van der Waals surface area (Å²) in [5, 5.41) is 2.65. The highest BCUT2D eigenvalue weighted by atomic mass is 16.2. The van der Waals surface area contributed by atoms with Crippen LogP contribution in [0.25, 0.3) is 6.08 Å². The number of amides is 2. The summed E-state index contributed by atoms with van der Waals surface area (Å²) < 4.78 is 0. The number of benzene rings is 1. The standard InChI is InChI=1S/C16H21N3O2/c1-18-16(21)13-3-2-10-19(11-13)15(20)9-6-12-4-7-14(17)8-5-12/h4-9,13H,2-3,10-11,17H2,1H3,(H,18,21)/b9-6+. The molecule has 1 fully saturated rings. The molecule has 0 saturated carbocycles. The first-order valence-electron chi connectivity index (χ1n) is 7.14. The second-order valence-corrected chi connectivity index (χ2v) is 5.24. The van der Waals surface area contributed by atoms with Crippen molar-refractivity contribution in [3.8, 4) is 0 Å². The van der Waals surface area contributed by atoms with Gasteiger partial charge in [-0.15, -0.1) is 0 Å². The fourth-order valence-electron chi connectivity index (χ4n) is 2.48. The summed E-state index contributed by atoms with van der Waals surface area (Å²) in [6.45, 7) is 1.20. The third kappa shape index (κ3) is 4.08. The van der Waals surface area contributed by atoms with E-state index in [4.69, 9.17) is 5.73 Å². The fraction of sp³-hybridized carbons (Fsp3) is 0.375. The Bertz CT molecular complexity index is 537. The number of carbonyl (C=O) groups excluding carboxylic acids is 2. The van der Waals surface area contributed by atoms with Crippen LogP contribution in [0.15, 0.2) is 30.3 Å². The Morgan fingerprint density at radius 1 is 1.33 bits per heavy atom. The third-order valence-corrected chi connectivity index (χ3v) is 3.71. The van der Waals surface area contributed by atoms with Gasteiger partial charge in [-0.1, -0.05) is 12.1 Å². The maximum absolute atomic E-state index is 12.2. The van der Waals surface area contributed by atoms with E-state index in [1.807, 2.05) is 12.1 Å². The lowest BCUT2D eigenvalue weighted by molar-refractivity contribution is -0.131. The molecule has 21 heavy (non-hydrogen) atoms. The molecule has 0 bridgehead atoms. The van der Waals surface area contributed by atoms with Crippen molar-refractivity contribution in [1.82, 2.24) is 10.2 Å². The number of nitrogens with zero attached hydrogens (tertiary/aromatic N) is 1. The van der Waals surface area contributed by atoms with Gasteiger partial charge in [0.25, 0.3) is 0 Å². The lowest BCUT2D eigenvalue weighted by atomic mass is 9.97. The predicted molar refractivity (Wildman–Crippen MR) is 83.3 cm³/mol. The van der Waals surface area contributed by atoms with Crippen molar-refractivity contribution in [3.05, 3.63) is 35.9 Å². The second-order valence-electron chi connectivity index (χ2n) is 5.24. The SMILES string of the molecule is CNC(=O)C1CCCN(C(=O)/C=C/c2ccc(N)cc2)C1. The van der Waals surface area contributed by atoms with Crippen molar-refractivity contribution in [1.29, 1.82) is 0 Å². The summed E-state index contributed by atoms with van der Waals surface area (Å²) in [6, 6.07) is 7.32. The van der Waals surface area contributed by atoms with E-state index in [9.17, 15) is 9.59 Å². The Kier molecular flexibility index (Phi) is 4.98. The second kappa shape index (κ2) is 6.92. The van der Waals surface area contributed by atoms with Crippen molar-refractivity contribution in [3.63, 3.8) is 0 Å². The van der Waals surface area contributed by atoms with E-state index in [0.717, 1.165) is 18.4 Å². The average molecular weight is 287 g/mol. The van der Waals surface area contributed by atoms with Crippen LogP contribution in [0.4, 0.5) is 5.69 Å². The zero-order chi connectivity index (χ0) is 15.2. The summed E-state index contributed by atoms with van der Waals surface area (Å²) in [5.74, 6) is -0.145. The molecule has 5 heteroatoms. The zero-order valence-corrected chi connectivity index (χ0v) is 12.2. The zero-order valence-electron chi connectivity index (χ0n) is 12.2. The summed E-state index contributed by atoms with van der Waals surface area (Å²) in [5.41, 5.74) is 7.24. The molecule has 0 spiro atoms. The smallest absolute Gasteiger partial charge is 0.246 e. The number of carbonyl (C=O) groups is 2. The van der Waals surface area contributed by atoms with Crippen LogP contribution in [0.3, 0.4) is 0 Å². The Morgan fingerprint density at radius 3 is 2.71 bits per heavy atom. The van der Waals surface area contributed by atoms with Gasteiger partial charge >= 0.3 is 0 Å². The van der Waals surface area contributed by atoms with E-state index in [1.165, 1.54) is 0 Å². The van der Waals surface area contributed by atoms with E-state index in [0.29, 0.717) is 18.8 Å². The van der Waals surface area contributed by atoms with Crippen molar-refractivity contribution in [2.75, 3.05) is 25.9 Å². The molecule has 1 aromatic rings. The molecular formula is C16H21N3O2. The third-order valence-electron chi connectivity index (χ3n) is 3.71. The first kappa shape index (κ1) is 15.1. The summed E-state index contributed by atoms with van der Waals surface area (Å²) in [6.07, 6.45) is 5.02. The molecule has 0 aromatic heterocycles. The van der Waals surface area contributed by atoms with Crippen molar-refractivity contribution < 1.29 is 9.59 Å². The Balaban J connectivity index is 1.96. The predicted octanol–water partition coefficient (Wildman–Crippen LogP) is 1.27. The number of likely N-dealkylation sites (tertiary alicyclic amines) is 1. The molecule has 1 aliphatic rings. The first-order valence-corrected chi connectivity index (χ1v) is 7.14. The summed E-state index contributed by atoms with van der Waals surface area (Å²) in [4.78, 5) is 25.6. The Hall–Kier alpha value is -2.30. The Morgan fingerprint density at radius 2 is 2.05 bits per heavy atom. The molecule has 1 aromatic carbocycles. The molecule has 0 aliphatic carbocycles. The molecule has 5 nitrogen and oxygen atoms in total. The normalized spacial score (nSPS) is 18.7. The highest BCUT2D eigenvalue weighted by Gasteiger charge is 2.26. The van der Waals surface area contributed by atoms with Crippen LogP contribution >= 0.6 is 0 Å². The van der Waals surface area contributed by atoms with Gasteiger partial charge in [0.2, 0.25) is 11.8 Å². The molecule has 0 radical (unpaired) electrons. The topological polar surface area (TPSA) is 75.4 Å². The minimum Gasteiger partial charge on any atom is -0.399 e. The van der Waals surface area contributed by atoms with Crippen molar-refractivity contribution in [2.45, 2.75) is 12.8 Å². The molecule has 112 valence electrons. The first-order chi connectivity index (χ1) is 10.1. The van der Waals surface area contributed by atoms with Gasteiger partial charge < -0.3 is 16.0 Å². The van der Waals surface area contributed by atoms with Crippen LogP contribution in [-0.4, -0.2) is 36.9 Å². The summed E-state index contributed by atoms with van der Waals surface area (Å²) >= 11 is 0. The van der Waals surface area contributed by atoms with Gasteiger partial charge in [0.15, 0.2) is 0 Å². The van der Waals surface area contributed by atoms with E-state index < -0.39 is 0 Å². The minimum atomic E-state index is -0.0994. The van der Waals surface area contributed by atoms with Crippen LogP contribution in [0.5, 0.6) is 0 Å². The van der Waals surface area contributed by atoms with Crippen molar-refractivity contribution >= 4 is 23.6 Å². The van der Waals surface area contributed by atoms with Crippen molar-refractivity contribution in [2.24, 2.45) is 5.92 Å². The molecule has 1 unspecified atom stereocenters. The molecule has 1 atom stereocenters. The van der Waals surface area contributed by atoms with E-state index >= 15 is 0 Å². The number of piperidine rings is 1. The lowest BCUT2D eigenvalue weighted by Gasteiger charge is -2.31. The molecule has 1 saturated heterocycles. The van der Waals surface area contributed by atoms with Gasteiger partial charge in [0.1, 0.15) is 0 Å². The van der Waals surface area contributed by atoms with Crippen LogP contribution in [-0.2, 0) is 9.59 Å². The lowest BCUT2D eigenvalue weighted by Crippen LogP contribution is -2.44. The molecular weight excluding hydrogens is 266 g/mol. The molecule has 1 heterocycles. The highest BCUT2D eigenvalue weighted by molar-refractivity contribution is 5.92. The number of nitrogens with two attached hydrogens (primary N) is 1. The summed E-state index contributed by atoms with van der Waals surface area (Å²) in [7, 11) is 1.63. The maximum Gasteiger partial charge on any atom is 0.246 e. The monoisotopic (exact) mass is 287 g/mol. The van der Waals surface area contributed by atoms with Gasteiger partial charge in [0, 0.05) is 31.9 Å². The number of anilines is 1. The van der Waals surface area contributed by atoms with Gasteiger partial charge in [0.05, 0.1) is 5.92 Å². The van der Waals surface area contributed by atoms with Crippen LogP contribution in [0.2, 0.25) is 0 Å². The van der Waals surface area contributed by atoms with Crippen LogP contribution < -0.4 is 11.1 Å². The fourth-order valence-corrected chi connectivity index (χ4v) is 2.48. The van der Waals surface area contributed by atoms with Gasteiger partial charge in [-0.2, -0.15) is 0 Å². The number of hydrogen-bond acceptors (Lipinski definition) is 3. The van der Waals surface area contributed by atoms with Gasteiger partial charge in [-0.05, 0) is 36.6 Å². The molecule has 3 N–H and O–H groups in total. The van der Waals surface area contributed by atoms with Crippen LogP contribution in [0, 0.1) is 5.92 Å². The van der Waals surface area contributed by atoms with E-state index in [1.54, 1.807) is 36.2 Å². The van der Waals surface area contributed by atoms with E-state index in [2.05, 4.69) is 5.32 Å². The van der Waals surface area contributed by atoms with Gasteiger partial charge in [-0.3, -0.25) is 9.59 Å². The molecule has 2 amide bonds. The average Bonchev–Trinajstić information content (AvgIpc) is 2.53. The molecule has 2 rings (SSSR count). The number of nitrogens with one attached hydrogen (secondary N) is 1. The number of nitrogen functional groups attached to an aromatic ring is 1. The number of hydrogen-bond donors (Lipinski definition) is 2. The van der Waals surface area contributed by atoms with Crippen LogP contribution in [0.1, 0.15) is 18.4 Å². The van der Waals surface area contributed by atoms with Gasteiger partial charge in [-0.25, -0.2) is 0 Å². The van der Waals surface area contributed by atoms with E-state index in [-0.39, 0.29) is 17.7 Å². The maximum atomic E-state index is 12.2. The molecule has 1 aliphatic heterocycles. The highest BCUT2D eigenvalue weighted by Crippen LogP contribution is 2.17. The largest absolute Gasteiger partial charge is 0.399 e.